The molecule has 0 bridgehead atoms. The Hall–Kier alpha value is -3.10. The van der Waals surface area contributed by atoms with Crippen molar-refractivity contribution in [2.75, 3.05) is 17.7 Å². The van der Waals surface area contributed by atoms with Crippen molar-refractivity contribution in [3.63, 3.8) is 0 Å². The summed E-state index contributed by atoms with van der Waals surface area (Å²) in [6, 6.07) is 7.20. The average molecular weight is 356 g/mol. The first-order valence-corrected chi connectivity index (χ1v) is 6.86. The van der Waals surface area contributed by atoms with Crippen LogP contribution in [0.2, 0.25) is 0 Å². The van der Waals surface area contributed by atoms with E-state index < -0.39 is 41.7 Å². The van der Waals surface area contributed by atoms with E-state index in [0.717, 1.165) is 12.1 Å². The van der Waals surface area contributed by atoms with E-state index in [1.54, 1.807) is 0 Å². The van der Waals surface area contributed by atoms with Gasteiger partial charge in [-0.05, 0) is 36.4 Å². The standard InChI is InChI=1S/C16H12F4N2O3/c17-10-2-1-3-11(7-10)22-14(23)8-25-15(24)12-5-4-9(6-13(12)21)16(18,19)20/h1-7H,8,21H2,(H,22,23). The predicted molar refractivity (Wildman–Crippen MR) is 81.2 cm³/mol. The molecule has 2 aromatic carbocycles. The summed E-state index contributed by atoms with van der Waals surface area (Å²) in [7, 11) is 0. The van der Waals surface area contributed by atoms with Crippen LogP contribution in [0, 0.1) is 5.82 Å². The number of nitrogens with two attached hydrogens (primary N) is 1. The maximum Gasteiger partial charge on any atom is 0.416 e. The van der Waals surface area contributed by atoms with Crippen molar-refractivity contribution in [3.05, 3.63) is 59.4 Å². The number of rotatable bonds is 4. The second kappa shape index (κ2) is 7.20. The molecule has 132 valence electrons. The van der Waals surface area contributed by atoms with Crippen molar-refractivity contribution in [1.29, 1.82) is 0 Å². The minimum absolute atomic E-state index is 0.162. The molecule has 0 aromatic heterocycles. The highest BCUT2D eigenvalue weighted by Crippen LogP contribution is 2.31. The summed E-state index contributed by atoms with van der Waals surface area (Å²) in [6.45, 7) is -0.712. The smallest absolute Gasteiger partial charge is 0.416 e. The van der Waals surface area contributed by atoms with E-state index in [2.05, 4.69) is 5.32 Å². The molecule has 3 N–H and O–H groups in total. The molecule has 0 unspecified atom stereocenters. The van der Waals surface area contributed by atoms with E-state index in [0.29, 0.717) is 12.1 Å². The van der Waals surface area contributed by atoms with Crippen LogP contribution in [0.1, 0.15) is 15.9 Å². The van der Waals surface area contributed by atoms with E-state index in [4.69, 9.17) is 10.5 Å². The number of alkyl halides is 3. The molecule has 0 heterocycles. The molecule has 0 fully saturated rings. The van der Waals surface area contributed by atoms with Crippen LogP contribution in [-0.4, -0.2) is 18.5 Å². The summed E-state index contributed by atoms with van der Waals surface area (Å²) < 4.78 is 55.3. The molecule has 0 aliphatic carbocycles. The van der Waals surface area contributed by atoms with Gasteiger partial charge in [-0.2, -0.15) is 13.2 Å². The van der Waals surface area contributed by atoms with Gasteiger partial charge in [-0.1, -0.05) is 6.07 Å². The fourth-order valence-electron chi connectivity index (χ4n) is 1.90. The highest BCUT2D eigenvalue weighted by molar-refractivity contribution is 5.98. The Bertz CT molecular complexity index is 806. The van der Waals surface area contributed by atoms with Crippen molar-refractivity contribution in [3.8, 4) is 0 Å². The van der Waals surface area contributed by atoms with Crippen molar-refractivity contribution in [1.82, 2.24) is 0 Å². The van der Waals surface area contributed by atoms with E-state index in [1.807, 2.05) is 0 Å². The predicted octanol–water partition coefficient (Wildman–Crippen LogP) is 3.22. The van der Waals surface area contributed by atoms with Gasteiger partial charge in [-0.3, -0.25) is 4.79 Å². The number of anilines is 2. The minimum atomic E-state index is -4.60. The topological polar surface area (TPSA) is 81.4 Å². The molecule has 0 saturated heterocycles. The van der Waals surface area contributed by atoms with E-state index in [9.17, 15) is 27.2 Å². The lowest BCUT2D eigenvalue weighted by atomic mass is 10.1. The third-order valence-corrected chi connectivity index (χ3v) is 3.04. The Balaban J connectivity index is 1.97. The Morgan fingerprint density at radius 3 is 2.44 bits per heavy atom. The number of hydrogen-bond acceptors (Lipinski definition) is 4. The van der Waals surface area contributed by atoms with Crippen LogP contribution in [0.5, 0.6) is 0 Å². The maximum absolute atomic E-state index is 13.0. The molecule has 0 radical (unpaired) electrons. The molecule has 9 heteroatoms. The first kappa shape index (κ1) is 18.2. The van der Waals surface area contributed by atoms with Gasteiger partial charge < -0.3 is 15.8 Å². The SMILES string of the molecule is Nc1cc(C(F)(F)F)ccc1C(=O)OCC(=O)Nc1cccc(F)c1. The summed E-state index contributed by atoms with van der Waals surface area (Å²) in [5.74, 6) is -2.36. The zero-order valence-electron chi connectivity index (χ0n) is 12.6. The van der Waals surface area contributed by atoms with Crippen LogP contribution in [-0.2, 0) is 15.7 Å². The van der Waals surface area contributed by atoms with Crippen LogP contribution in [0.4, 0.5) is 28.9 Å². The molecular weight excluding hydrogens is 344 g/mol. The lowest BCUT2D eigenvalue weighted by Crippen LogP contribution is -2.21. The van der Waals surface area contributed by atoms with Gasteiger partial charge in [0.25, 0.3) is 5.91 Å². The van der Waals surface area contributed by atoms with Crippen LogP contribution in [0.25, 0.3) is 0 Å². The van der Waals surface area contributed by atoms with Gasteiger partial charge in [0.15, 0.2) is 6.61 Å². The number of amides is 1. The Morgan fingerprint density at radius 1 is 1.12 bits per heavy atom. The quantitative estimate of drug-likeness (QED) is 0.501. The molecule has 0 aliphatic rings. The van der Waals surface area contributed by atoms with Gasteiger partial charge >= 0.3 is 12.1 Å². The monoisotopic (exact) mass is 356 g/mol. The van der Waals surface area contributed by atoms with Crippen LogP contribution < -0.4 is 11.1 Å². The van der Waals surface area contributed by atoms with Crippen molar-refractivity contribution in [2.24, 2.45) is 0 Å². The molecule has 2 aromatic rings. The fraction of sp³-hybridized carbons (Fsp3) is 0.125. The number of benzene rings is 2. The molecule has 5 nitrogen and oxygen atoms in total. The van der Waals surface area contributed by atoms with Gasteiger partial charge in [0.1, 0.15) is 5.82 Å². The summed E-state index contributed by atoms with van der Waals surface area (Å²) >= 11 is 0. The number of halogens is 4. The Labute approximate surface area is 139 Å². The second-order valence-electron chi connectivity index (χ2n) is 4.93. The molecule has 1 amide bonds. The van der Waals surface area contributed by atoms with Gasteiger partial charge in [-0.15, -0.1) is 0 Å². The van der Waals surface area contributed by atoms with Crippen molar-refractivity contribution < 1.29 is 31.9 Å². The lowest BCUT2D eigenvalue weighted by Gasteiger charge is -2.11. The molecule has 0 spiro atoms. The van der Waals surface area contributed by atoms with Gasteiger partial charge in [0, 0.05) is 11.4 Å². The Kier molecular flexibility index (Phi) is 5.26. The molecule has 25 heavy (non-hydrogen) atoms. The van der Waals surface area contributed by atoms with Crippen molar-refractivity contribution >= 4 is 23.3 Å². The molecule has 0 aliphatic heterocycles. The number of nitrogens with one attached hydrogen (secondary N) is 1. The first-order chi connectivity index (χ1) is 11.7. The van der Waals surface area contributed by atoms with Crippen LogP contribution in [0.15, 0.2) is 42.5 Å². The van der Waals surface area contributed by atoms with Crippen LogP contribution >= 0.6 is 0 Å². The first-order valence-electron chi connectivity index (χ1n) is 6.86. The number of hydrogen-bond donors (Lipinski definition) is 2. The van der Waals surface area contributed by atoms with Crippen molar-refractivity contribution in [2.45, 2.75) is 6.18 Å². The molecule has 2 rings (SSSR count). The lowest BCUT2D eigenvalue weighted by molar-refractivity contribution is -0.137. The summed E-state index contributed by atoms with van der Waals surface area (Å²) in [5.41, 5.74) is 3.85. The minimum Gasteiger partial charge on any atom is -0.452 e. The largest absolute Gasteiger partial charge is 0.452 e. The molecule has 0 atom stereocenters. The van der Waals surface area contributed by atoms with E-state index in [1.165, 1.54) is 18.2 Å². The number of esters is 1. The Morgan fingerprint density at radius 2 is 1.84 bits per heavy atom. The number of ether oxygens (including phenoxy) is 1. The summed E-state index contributed by atoms with van der Waals surface area (Å²) in [5, 5.41) is 2.30. The normalized spacial score (nSPS) is 11.0. The van der Waals surface area contributed by atoms with Crippen LogP contribution in [0.3, 0.4) is 0 Å². The zero-order valence-corrected chi connectivity index (χ0v) is 12.6. The summed E-state index contributed by atoms with van der Waals surface area (Å²) in [4.78, 5) is 23.5. The second-order valence-corrected chi connectivity index (χ2v) is 4.93. The molecular formula is C16H12F4N2O3. The number of carbonyl (C=O) groups is 2. The van der Waals surface area contributed by atoms with Gasteiger partial charge in [0.05, 0.1) is 11.1 Å². The highest BCUT2D eigenvalue weighted by atomic mass is 19.4. The van der Waals surface area contributed by atoms with Gasteiger partial charge in [-0.25, -0.2) is 9.18 Å². The molecule has 0 saturated carbocycles. The van der Waals surface area contributed by atoms with E-state index >= 15 is 0 Å². The number of nitrogen functional groups attached to an aromatic ring is 1. The third-order valence-electron chi connectivity index (χ3n) is 3.04. The van der Waals surface area contributed by atoms with E-state index in [-0.39, 0.29) is 11.3 Å². The summed E-state index contributed by atoms with van der Waals surface area (Å²) in [6.07, 6.45) is -4.60. The maximum atomic E-state index is 13.0. The fourth-order valence-corrected chi connectivity index (χ4v) is 1.90. The average Bonchev–Trinajstić information content (AvgIpc) is 2.51. The van der Waals surface area contributed by atoms with Gasteiger partial charge in [0.2, 0.25) is 0 Å². The highest BCUT2D eigenvalue weighted by Gasteiger charge is 2.31. The zero-order chi connectivity index (χ0) is 18.6. The third kappa shape index (κ3) is 4.93. The number of carbonyl (C=O) groups excluding carboxylic acids is 2.